The Labute approximate surface area is 118 Å². The van der Waals surface area contributed by atoms with E-state index in [9.17, 15) is 9.90 Å². The molecule has 0 aliphatic heterocycles. The standard InChI is InChI=1S/C15H19ClO3/c16-10-4-2-1-3-5-13(15(18)19)11-12-6-8-14(17)9-7-12/h6-9,11,17H,1-5,10H2,(H,18,19). The maximum atomic E-state index is 11.2. The van der Waals surface area contributed by atoms with Gasteiger partial charge in [0, 0.05) is 11.5 Å². The first-order valence-electron chi connectivity index (χ1n) is 6.42. The molecule has 1 aromatic rings. The smallest absolute Gasteiger partial charge is 0.331 e. The zero-order chi connectivity index (χ0) is 14.1. The second-order valence-corrected chi connectivity index (χ2v) is 4.80. The highest BCUT2D eigenvalue weighted by Crippen LogP contribution is 2.17. The lowest BCUT2D eigenvalue weighted by Crippen LogP contribution is -2.00. The number of hydrogen-bond acceptors (Lipinski definition) is 2. The normalized spacial score (nSPS) is 11.5. The molecule has 3 nitrogen and oxygen atoms in total. The van der Waals surface area contributed by atoms with Gasteiger partial charge in [-0.25, -0.2) is 4.79 Å². The van der Waals surface area contributed by atoms with Gasteiger partial charge in [0.25, 0.3) is 0 Å². The number of phenolic OH excluding ortho intramolecular Hbond substituents is 1. The van der Waals surface area contributed by atoms with E-state index < -0.39 is 5.97 Å². The van der Waals surface area contributed by atoms with Crippen molar-refractivity contribution in [2.45, 2.75) is 32.1 Å². The minimum atomic E-state index is -0.884. The van der Waals surface area contributed by atoms with E-state index in [0.29, 0.717) is 17.9 Å². The second-order valence-electron chi connectivity index (χ2n) is 4.42. The SMILES string of the molecule is O=C(O)C(=Cc1ccc(O)cc1)CCCCCCCl. The van der Waals surface area contributed by atoms with E-state index in [4.69, 9.17) is 16.7 Å². The van der Waals surface area contributed by atoms with Crippen LogP contribution < -0.4 is 0 Å². The highest BCUT2D eigenvalue weighted by Gasteiger charge is 2.07. The molecular formula is C15H19ClO3. The first-order chi connectivity index (χ1) is 9.13. The van der Waals surface area contributed by atoms with Crippen LogP contribution in [0.2, 0.25) is 0 Å². The second kappa shape index (κ2) is 8.59. The molecule has 0 aliphatic carbocycles. The molecule has 104 valence electrons. The van der Waals surface area contributed by atoms with Crippen molar-refractivity contribution in [2.24, 2.45) is 0 Å². The van der Waals surface area contributed by atoms with E-state index in [1.165, 1.54) is 0 Å². The molecule has 0 aromatic heterocycles. The number of hydrogen-bond donors (Lipinski definition) is 2. The molecule has 0 atom stereocenters. The molecule has 0 spiro atoms. The summed E-state index contributed by atoms with van der Waals surface area (Å²) in [5, 5.41) is 18.3. The summed E-state index contributed by atoms with van der Waals surface area (Å²) in [5.74, 6) is -0.0460. The van der Waals surface area contributed by atoms with Crippen molar-refractivity contribution in [3.05, 3.63) is 35.4 Å². The van der Waals surface area contributed by atoms with Crippen molar-refractivity contribution in [1.82, 2.24) is 0 Å². The molecule has 0 aliphatic rings. The largest absolute Gasteiger partial charge is 0.508 e. The number of alkyl halides is 1. The summed E-state index contributed by atoms with van der Waals surface area (Å²) in [5.41, 5.74) is 1.19. The van der Waals surface area contributed by atoms with E-state index in [-0.39, 0.29) is 5.75 Å². The minimum absolute atomic E-state index is 0.176. The Hall–Kier alpha value is -1.48. The van der Waals surface area contributed by atoms with Gasteiger partial charge in [-0.15, -0.1) is 11.6 Å². The van der Waals surface area contributed by atoms with Crippen LogP contribution in [0.5, 0.6) is 5.75 Å². The minimum Gasteiger partial charge on any atom is -0.508 e. The molecule has 0 heterocycles. The first-order valence-corrected chi connectivity index (χ1v) is 6.96. The van der Waals surface area contributed by atoms with E-state index in [1.54, 1.807) is 30.3 Å². The number of aliphatic carboxylic acids is 1. The summed E-state index contributed by atoms with van der Waals surface area (Å²) in [6.07, 6.45) is 6.07. The van der Waals surface area contributed by atoms with Gasteiger partial charge in [0.2, 0.25) is 0 Å². The maximum absolute atomic E-state index is 11.2. The van der Waals surface area contributed by atoms with Crippen LogP contribution in [0.1, 0.15) is 37.7 Å². The van der Waals surface area contributed by atoms with Gasteiger partial charge < -0.3 is 10.2 Å². The topological polar surface area (TPSA) is 57.5 Å². The molecular weight excluding hydrogens is 264 g/mol. The van der Waals surface area contributed by atoms with Crippen molar-refractivity contribution in [2.75, 3.05) is 5.88 Å². The Balaban J connectivity index is 2.56. The van der Waals surface area contributed by atoms with Gasteiger partial charge >= 0.3 is 5.97 Å². The number of benzene rings is 1. The average Bonchev–Trinajstić information content (AvgIpc) is 2.39. The fourth-order valence-corrected chi connectivity index (χ4v) is 1.97. The summed E-state index contributed by atoms with van der Waals surface area (Å²) in [7, 11) is 0. The molecule has 2 N–H and O–H groups in total. The maximum Gasteiger partial charge on any atom is 0.331 e. The molecule has 1 rings (SSSR count). The van der Waals surface area contributed by atoms with Gasteiger partial charge in [-0.2, -0.15) is 0 Å². The van der Waals surface area contributed by atoms with E-state index in [1.807, 2.05) is 0 Å². The van der Waals surface area contributed by atoms with Gasteiger partial charge in [-0.3, -0.25) is 0 Å². The predicted octanol–water partition coefficient (Wildman–Crippen LogP) is 4.05. The Morgan fingerprint density at radius 1 is 1.11 bits per heavy atom. The number of carboxylic acid groups (broad SMARTS) is 1. The quantitative estimate of drug-likeness (QED) is 0.430. The van der Waals surface area contributed by atoms with Crippen LogP contribution in [0.3, 0.4) is 0 Å². The highest BCUT2D eigenvalue weighted by atomic mass is 35.5. The van der Waals surface area contributed by atoms with Crippen LogP contribution in [-0.4, -0.2) is 22.1 Å². The van der Waals surface area contributed by atoms with Crippen LogP contribution in [0.4, 0.5) is 0 Å². The van der Waals surface area contributed by atoms with E-state index in [0.717, 1.165) is 31.2 Å². The lowest BCUT2D eigenvalue weighted by atomic mass is 10.0. The van der Waals surface area contributed by atoms with Gasteiger partial charge in [0.1, 0.15) is 5.75 Å². The molecule has 0 radical (unpaired) electrons. The third kappa shape index (κ3) is 6.30. The van der Waals surface area contributed by atoms with Gasteiger partial charge in [-0.1, -0.05) is 25.0 Å². The summed E-state index contributed by atoms with van der Waals surface area (Å²) in [6.45, 7) is 0. The van der Waals surface area contributed by atoms with Crippen LogP contribution in [-0.2, 0) is 4.79 Å². The van der Waals surface area contributed by atoms with Gasteiger partial charge in [-0.05, 0) is 43.0 Å². The van der Waals surface area contributed by atoms with Crippen molar-refractivity contribution in [3.63, 3.8) is 0 Å². The Bertz CT molecular complexity index is 424. The van der Waals surface area contributed by atoms with Gasteiger partial charge in [0.05, 0.1) is 0 Å². The number of phenols is 1. The molecule has 1 aromatic carbocycles. The third-order valence-corrected chi connectivity index (χ3v) is 3.11. The lowest BCUT2D eigenvalue weighted by Gasteiger charge is -2.03. The van der Waals surface area contributed by atoms with Crippen molar-refractivity contribution >= 4 is 23.6 Å². The monoisotopic (exact) mass is 282 g/mol. The molecule has 19 heavy (non-hydrogen) atoms. The third-order valence-electron chi connectivity index (χ3n) is 2.84. The number of rotatable bonds is 8. The summed E-state index contributed by atoms with van der Waals surface area (Å²) in [4.78, 5) is 11.2. The van der Waals surface area contributed by atoms with Crippen molar-refractivity contribution in [3.8, 4) is 5.75 Å². The zero-order valence-electron chi connectivity index (χ0n) is 10.8. The van der Waals surface area contributed by atoms with Crippen LogP contribution in [0.25, 0.3) is 6.08 Å². The van der Waals surface area contributed by atoms with Crippen LogP contribution >= 0.6 is 11.6 Å². The van der Waals surface area contributed by atoms with Crippen LogP contribution in [0.15, 0.2) is 29.8 Å². The Kier molecular flexibility index (Phi) is 7.04. The van der Waals surface area contributed by atoms with Crippen molar-refractivity contribution in [1.29, 1.82) is 0 Å². The Morgan fingerprint density at radius 2 is 1.74 bits per heavy atom. The fraction of sp³-hybridized carbons (Fsp3) is 0.400. The van der Waals surface area contributed by atoms with Crippen LogP contribution in [0, 0.1) is 0 Å². The Morgan fingerprint density at radius 3 is 2.32 bits per heavy atom. The highest BCUT2D eigenvalue weighted by molar-refractivity contribution is 6.17. The zero-order valence-corrected chi connectivity index (χ0v) is 11.6. The molecule has 0 bridgehead atoms. The van der Waals surface area contributed by atoms with Gasteiger partial charge in [0.15, 0.2) is 0 Å². The fourth-order valence-electron chi connectivity index (χ4n) is 1.78. The molecule has 0 amide bonds. The molecule has 0 saturated carbocycles. The number of carboxylic acids is 1. The van der Waals surface area contributed by atoms with E-state index >= 15 is 0 Å². The molecule has 0 unspecified atom stereocenters. The number of halogens is 1. The molecule has 4 heteroatoms. The lowest BCUT2D eigenvalue weighted by molar-refractivity contribution is -0.132. The molecule has 0 saturated heterocycles. The number of aromatic hydroxyl groups is 1. The summed E-state index contributed by atoms with van der Waals surface area (Å²) < 4.78 is 0. The number of carbonyl (C=O) groups is 1. The predicted molar refractivity (Wildman–Crippen MR) is 77.5 cm³/mol. The summed E-state index contributed by atoms with van der Waals surface area (Å²) in [6, 6.07) is 6.50. The van der Waals surface area contributed by atoms with Crippen molar-refractivity contribution < 1.29 is 15.0 Å². The number of unbranched alkanes of at least 4 members (excludes halogenated alkanes) is 3. The first kappa shape index (κ1) is 15.6. The molecule has 0 fully saturated rings. The van der Waals surface area contributed by atoms with E-state index in [2.05, 4.69) is 0 Å². The summed E-state index contributed by atoms with van der Waals surface area (Å²) >= 11 is 5.59. The average molecular weight is 283 g/mol.